The minimum Gasteiger partial charge on any atom is -0.507 e. The second-order valence-electron chi connectivity index (χ2n) is 15.4. The molecule has 5 heterocycles. The molecular formula is C36H54N8O3. The molecule has 47 heavy (non-hydrogen) atoms. The number of ether oxygens (including phenoxy) is 1. The van der Waals surface area contributed by atoms with Crippen molar-refractivity contribution in [2.75, 3.05) is 82.2 Å². The van der Waals surface area contributed by atoms with E-state index in [-0.39, 0.29) is 11.8 Å². The molecule has 1 atom stereocenters. The number of aromatic hydroxyl groups is 1. The third-order valence-electron chi connectivity index (χ3n) is 11.2. The minimum absolute atomic E-state index is 0.170. The Hall–Kier alpha value is -3.15. The first-order valence-corrected chi connectivity index (χ1v) is 18.0. The number of likely N-dealkylation sites (tertiary alicyclic amines) is 1. The van der Waals surface area contributed by atoms with E-state index in [0.29, 0.717) is 17.8 Å². The van der Waals surface area contributed by atoms with Gasteiger partial charge in [0.15, 0.2) is 5.82 Å². The number of rotatable bonds is 5. The quantitative estimate of drug-likeness (QED) is 0.488. The van der Waals surface area contributed by atoms with Crippen molar-refractivity contribution in [3.8, 4) is 17.0 Å². The first-order chi connectivity index (χ1) is 22.7. The summed E-state index contributed by atoms with van der Waals surface area (Å²) in [7, 11) is 0. The summed E-state index contributed by atoms with van der Waals surface area (Å²) in [5.41, 5.74) is 2.10. The number of carbonyl (C=O) groups excluding carboxylic acids is 1. The first kappa shape index (κ1) is 32.4. The van der Waals surface area contributed by atoms with Crippen LogP contribution in [0.4, 0.5) is 16.3 Å². The number of carbonyl (C=O) groups is 1. The van der Waals surface area contributed by atoms with E-state index >= 15 is 0 Å². The number of hydrogen-bond donors (Lipinski definition) is 2. The van der Waals surface area contributed by atoms with Crippen molar-refractivity contribution in [3.63, 3.8) is 0 Å². The largest absolute Gasteiger partial charge is 0.507 e. The van der Waals surface area contributed by atoms with Crippen LogP contribution in [0.25, 0.3) is 11.3 Å². The number of para-hydroxylation sites is 1. The molecule has 1 aromatic heterocycles. The molecule has 5 aliphatic rings. The van der Waals surface area contributed by atoms with Gasteiger partial charge < -0.3 is 29.9 Å². The fraction of sp³-hybridized carbons (Fsp3) is 0.694. The summed E-state index contributed by atoms with van der Waals surface area (Å²) in [6, 6.07) is 11.3. The van der Waals surface area contributed by atoms with E-state index < -0.39 is 5.60 Å². The molecule has 0 radical (unpaired) electrons. The summed E-state index contributed by atoms with van der Waals surface area (Å²) in [6.45, 7) is 16.9. The van der Waals surface area contributed by atoms with Crippen LogP contribution in [0.5, 0.6) is 5.75 Å². The van der Waals surface area contributed by atoms with Crippen LogP contribution in [0.3, 0.4) is 0 Å². The van der Waals surface area contributed by atoms with Crippen LogP contribution in [0.15, 0.2) is 30.3 Å². The highest BCUT2D eigenvalue weighted by Crippen LogP contribution is 2.37. The lowest BCUT2D eigenvalue weighted by molar-refractivity contribution is 0.0116. The van der Waals surface area contributed by atoms with Crippen LogP contribution < -0.4 is 10.2 Å². The lowest BCUT2D eigenvalue weighted by Crippen LogP contribution is -2.61. The van der Waals surface area contributed by atoms with Crippen LogP contribution in [0.2, 0.25) is 0 Å². The minimum atomic E-state index is -0.435. The van der Waals surface area contributed by atoms with E-state index in [9.17, 15) is 9.90 Å². The predicted octanol–water partition coefficient (Wildman–Crippen LogP) is 4.34. The molecule has 0 bridgehead atoms. The van der Waals surface area contributed by atoms with Gasteiger partial charge in [-0.15, -0.1) is 10.2 Å². The lowest BCUT2D eigenvalue weighted by atomic mass is 9.84. The van der Waals surface area contributed by atoms with E-state index in [1.165, 1.54) is 58.2 Å². The summed E-state index contributed by atoms with van der Waals surface area (Å²) in [5, 5.41) is 22.8. The Morgan fingerprint density at radius 2 is 1.60 bits per heavy atom. The molecule has 256 valence electrons. The Morgan fingerprint density at radius 3 is 2.32 bits per heavy atom. The zero-order valence-corrected chi connectivity index (χ0v) is 28.6. The lowest BCUT2D eigenvalue weighted by Gasteiger charge is -2.50. The maximum absolute atomic E-state index is 12.4. The number of phenolic OH excluding ortho intramolecular Hbond substituents is 1. The SMILES string of the molecule is CC(C)(C)OC(=O)N1CCN(CC2CCC(N3CCC(N4CCN5c6cc(-c7ccccc7O)nnc6NC[C@H]5C4)CC3)CC2)CC1. The van der Waals surface area contributed by atoms with Gasteiger partial charge in [-0.3, -0.25) is 9.80 Å². The molecule has 2 N–H and O–H groups in total. The summed E-state index contributed by atoms with van der Waals surface area (Å²) in [5.74, 6) is 1.86. The molecule has 2 aromatic rings. The molecule has 1 aliphatic carbocycles. The highest BCUT2D eigenvalue weighted by Gasteiger charge is 2.37. The number of nitrogens with zero attached hydrogens (tertiary/aromatic N) is 7. The van der Waals surface area contributed by atoms with Crippen LogP contribution in [-0.4, -0.2) is 137 Å². The number of fused-ring (bicyclic) bond motifs is 3. The molecular weight excluding hydrogens is 592 g/mol. The van der Waals surface area contributed by atoms with Crippen molar-refractivity contribution in [3.05, 3.63) is 30.3 Å². The van der Waals surface area contributed by atoms with Crippen molar-refractivity contribution >= 4 is 17.6 Å². The number of piperidine rings is 1. The average Bonchev–Trinajstić information content (AvgIpc) is 3.08. The van der Waals surface area contributed by atoms with Gasteiger partial charge in [-0.2, -0.15) is 0 Å². The van der Waals surface area contributed by atoms with Crippen LogP contribution in [0.1, 0.15) is 59.3 Å². The van der Waals surface area contributed by atoms with Gasteiger partial charge in [-0.1, -0.05) is 12.1 Å². The van der Waals surface area contributed by atoms with Crippen molar-refractivity contribution in [1.29, 1.82) is 0 Å². The van der Waals surface area contributed by atoms with Gasteiger partial charge >= 0.3 is 6.09 Å². The second-order valence-corrected chi connectivity index (χ2v) is 15.4. The summed E-state index contributed by atoms with van der Waals surface area (Å²) < 4.78 is 5.57. The number of benzene rings is 1. The number of amides is 1. The van der Waals surface area contributed by atoms with Gasteiger partial charge in [0.25, 0.3) is 0 Å². The molecule has 1 saturated carbocycles. The number of anilines is 2. The van der Waals surface area contributed by atoms with E-state index in [1.54, 1.807) is 6.07 Å². The highest BCUT2D eigenvalue weighted by atomic mass is 16.6. The van der Waals surface area contributed by atoms with Gasteiger partial charge in [0.2, 0.25) is 0 Å². The van der Waals surface area contributed by atoms with Gasteiger partial charge in [0.1, 0.15) is 11.4 Å². The normalized spacial score (nSPS) is 26.7. The van der Waals surface area contributed by atoms with Crippen LogP contribution in [0, 0.1) is 5.92 Å². The van der Waals surface area contributed by atoms with Gasteiger partial charge in [0, 0.05) is 76.5 Å². The number of aromatic nitrogens is 2. The Kier molecular flexibility index (Phi) is 9.49. The van der Waals surface area contributed by atoms with Crippen molar-refractivity contribution in [1.82, 2.24) is 29.8 Å². The molecule has 1 amide bonds. The third kappa shape index (κ3) is 7.47. The molecule has 11 heteroatoms. The van der Waals surface area contributed by atoms with Crippen molar-refractivity contribution in [2.45, 2.75) is 83.0 Å². The molecule has 0 spiro atoms. The van der Waals surface area contributed by atoms with E-state index in [0.717, 1.165) is 81.4 Å². The Morgan fingerprint density at radius 1 is 0.872 bits per heavy atom. The molecule has 3 saturated heterocycles. The zero-order valence-electron chi connectivity index (χ0n) is 28.6. The molecule has 7 rings (SSSR count). The van der Waals surface area contributed by atoms with Gasteiger partial charge in [-0.05, 0) is 96.5 Å². The topological polar surface area (TPSA) is 101 Å². The van der Waals surface area contributed by atoms with Gasteiger partial charge in [-0.25, -0.2) is 4.79 Å². The molecule has 11 nitrogen and oxygen atoms in total. The van der Waals surface area contributed by atoms with E-state index in [1.807, 2.05) is 43.9 Å². The highest BCUT2D eigenvalue weighted by molar-refractivity contribution is 5.76. The van der Waals surface area contributed by atoms with Crippen LogP contribution >= 0.6 is 0 Å². The van der Waals surface area contributed by atoms with Crippen molar-refractivity contribution in [2.24, 2.45) is 5.92 Å². The Labute approximate surface area is 280 Å². The van der Waals surface area contributed by atoms with E-state index in [4.69, 9.17) is 4.74 Å². The van der Waals surface area contributed by atoms with Crippen LogP contribution in [-0.2, 0) is 4.74 Å². The zero-order chi connectivity index (χ0) is 32.5. The number of nitrogens with one attached hydrogen (secondary N) is 1. The fourth-order valence-corrected chi connectivity index (χ4v) is 8.58. The van der Waals surface area contributed by atoms with E-state index in [2.05, 4.69) is 41.2 Å². The maximum atomic E-state index is 12.4. The Bertz CT molecular complexity index is 1380. The molecule has 4 aliphatic heterocycles. The molecule has 0 unspecified atom stereocenters. The number of piperazine rings is 2. The second kappa shape index (κ2) is 13.8. The Balaban J connectivity index is 0.841. The molecule has 4 fully saturated rings. The fourth-order valence-electron chi connectivity index (χ4n) is 8.58. The predicted molar refractivity (Wildman–Crippen MR) is 185 cm³/mol. The number of hydrogen-bond acceptors (Lipinski definition) is 10. The number of phenols is 1. The first-order valence-electron chi connectivity index (χ1n) is 18.0. The maximum Gasteiger partial charge on any atom is 0.410 e. The molecule has 1 aromatic carbocycles. The summed E-state index contributed by atoms with van der Waals surface area (Å²) >= 11 is 0. The van der Waals surface area contributed by atoms with Gasteiger partial charge in [0.05, 0.1) is 17.4 Å². The monoisotopic (exact) mass is 646 g/mol. The standard InChI is InChI=1S/C36H54N8O3/c1-36(2,3)47-35(46)42-18-16-40(17-19-42)24-26-8-10-27(11-9-26)41-14-12-28(13-15-41)43-20-21-44-29(25-43)23-37-34-32(44)22-31(38-39-34)30-6-4-5-7-33(30)45/h4-7,22,26-29,45H,8-21,23-25H2,1-3H3,(H,37,39)/t26?,27?,29-/m0/s1. The summed E-state index contributed by atoms with van der Waals surface area (Å²) in [4.78, 5) is 24.9. The average molecular weight is 647 g/mol. The smallest absolute Gasteiger partial charge is 0.410 e. The van der Waals surface area contributed by atoms with Crippen molar-refractivity contribution < 1.29 is 14.6 Å². The summed E-state index contributed by atoms with van der Waals surface area (Å²) in [6.07, 6.45) is 7.66. The third-order valence-corrected chi connectivity index (χ3v) is 11.2.